The molecule has 0 radical (unpaired) electrons. The minimum atomic E-state index is -0.398. The van der Waals surface area contributed by atoms with Crippen molar-refractivity contribution in [1.82, 2.24) is 4.98 Å². The van der Waals surface area contributed by atoms with Crippen molar-refractivity contribution in [3.05, 3.63) is 34.3 Å². The van der Waals surface area contributed by atoms with Crippen molar-refractivity contribution < 1.29 is 9.21 Å². The molecule has 0 aliphatic carbocycles. The van der Waals surface area contributed by atoms with Gasteiger partial charge in [-0.05, 0) is 31.5 Å². The number of hydrogen-bond acceptors (Lipinski definition) is 3. The highest BCUT2D eigenvalue weighted by atomic mass is 16.4. The lowest BCUT2D eigenvalue weighted by Gasteiger charge is -1.87. The number of nitrogens with one attached hydrogen (secondary N) is 1. The van der Waals surface area contributed by atoms with Gasteiger partial charge in [-0.2, -0.15) is 0 Å². The Bertz CT molecular complexity index is 481. The highest BCUT2D eigenvalue weighted by molar-refractivity contribution is 5.72. The number of benzene rings is 1. The van der Waals surface area contributed by atoms with E-state index in [0.29, 0.717) is 5.58 Å². The smallest absolute Gasteiger partial charge is 0.408 e. The molecule has 1 aromatic heterocycles. The van der Waals surface area contributed by atoms with Crippen LogP contribution >= 0.6 is 0 Å². The van der Waals surface area contributed by atoms with Crippen LogP contribution in [-0.2, 0) is 4.79 Å². The standard InChI is InChI=1S/C8H7NO2.C2H4O/c1-5-2-3-6-7(4-5)11-8(10)9-6;1-2-3/h2-4H,1H3,(H,9,10);2H,1H3. The van der Waals surface area contributed by atoms with Gasteiger partial charge in [-0.3, -0.25) is 4.98 Å². The fraction of sp³-hybridized carbons (Fsp3) is 0.200. The molecule has 4 heteroatoms. The van der Waals surface area contributed by atoms with Crippen LogP contribution in [0.3, 0.4) is 0 Å². The number of H-pyrrole nitrogens is 1. The van der Waals surface area contributed by atoms with Crippen LogP contribution in [0.5, 0.6) is 0 Å². The number of carbonyl (C=O) groups excluding carboxylic acids is 1. The normalized spacial score (nSPS) is 9.29. The molecule has 74 valence electrons. The van der Waals surface area contributed by atoms with E-state index in [4.69, 9.17) is 9.21 Å². The van der Waals surface area contributed by atoms with Gasteiger partial charge in [0, 0.05) is 0 Å². The van der Waals surface area contributed by atoms with E-state index < -0.39 is 5.76 Å². The van der Waals surface area contributed by atoms with Gasteiger partial charge < -0.3 is 9.21 Å². The number of aromatic nitrogens is 1. The first-order chi connectivity index (χ1) is 6.67. The number of oxazole rings is 1. The SMILES string of the molecule is CC=O.Cc1ccc2[nH]c(=O)oc2c1. The second kappa shape index (κ2) is 4.41. The first-order valence-corrected chi connectivity index (χ1v) is 4.16. The van der Waals surface area contributed by atoms with Crippen molar-refractivity contribution >= 4 is 17.4 Å². The van der Waals surface area contributed by atoms with Crippen LogP contribution in [0.25, 0.3) is 11.1 Å². The van der Waals surface area contributed by atoms with E-state index in [0.717, 1.165) is 17.4 Å². The summed E-state index contributed by atoms with van der Waals surface area (Å²) in [5.41, 5.74) is 2.45. The zero-order valence-corrected chi connectivity index (χ0v) is 8.03. The van der Waals surface area contributed by atoms with Crippen LogP contribution in [-0.4, -0.2) is 11.3 Å². The highest BCUT2D eigenvalue weighted by Gasteiger charge is 1.98. The average Bonchev–Trinajstić information content (AvgIpc) is 2.45. The maximum Gasteiger partial charge on any atom is 0.417 e. The lowest BCUT2D eigenvalue weighted by molar-refractivity contribution is -0.106. The monoisotopic (exact) mass is 193 g/mol. The van der Waals surface area contributed by atoms with Crippen LogP contribution in [0.1, 0.15) is 12.5 Å². The number of rotatable bonds is 0. The predicted molar refractivity (Wildman–Crippen MR) is 53.3 cm³/mol. The Morgan fingerprint density at radius 2 is 2.07 bits per heavy atom. The number of aromatic amines is 1. The summed E-state index contributed by atoms with van der Waals surface area (Å²) < 4.78 is 4.84. The second-order valence-electron chi connectivity index (χ2n) is 2.75. The third kappa shape index (κ3) is 2.32. The van der Waals surface area contributed by atoms with Gasteiger partial charge in [0.05, 0.1) is 5.52 Å². The van der Waals surface area contributed by atoms with Gasteiger partial charge in [-0.1, -0.05) is 6.07 Å². The summed E-state index contributed by atoms with van der Waals surface area (Å²) in [7, 11) is 0. The molecule has 2 aromatic rings. The maximum absolute atomic E-state index is 10.7. The van der Waals surface area contributed by atoms with E-state index in [1.165, 1.54) is 6.92 Å². The third-order valence-electron chi connectivity index (χ3n) is 1.58. The summed E-state index contributed by atoms with van der Waals surface area (Å²) in [6.07, 6.45) is 0.750. The molecule has 0 unspecified atom stereocenters. The van der Waals surface area contributed by atoms with Crippen LogP contribution < -0.4 is 5.76 Å². The second-order valence-corrected chi connectivity index (χ2v) is 2.75. The Balaban J connectivity index is 0.000000293. The lowest BCUT2D eigenvalue weighted by atomic mass is 10.2. The molecule has 0 aliphatic heterocycles. The number of carbonyl (C=O) groups is 1. The number of aldehydes is 1. The minimum Gasteiger partial charge on any atom is -0.408 e. The Morgan fingerprint density at radius 1 is 1.43 bits per heavy atom. The molecule has 0 saturated carbocycles. The van der Waals surface area contributed by atoms with Crippen LogP contribution in [0.15, 0.2) is 27.4 Å². The van der Waals surface area contributed by atoms with Gasteiger partial charge in [0.1, 0.15) is 6.29 Å². The topological polar surface area (TPSA) is 63.1 Å². The van der Waals surface area contributed by atoms with Crippen molar-refractivity contribution in [2.45, 2.75) is 13.8 Å². The van der Waals surface area contributed by atoms with E-state index in [-0.39, 0.29) is 0 Å². The lowest BCUT2D eigenvalue weighted by Crippen LogP contribution is -1.92. The van der Waals surface area contributed by atoms with Crippen molar-refractivity contribution in [2.24, 2.45) is 0 Å². The van der Waals surface area contributed by atoms with Gasteiger partial charge in [0.2, 0.25) is 0 Å². The predicted octanol–water partition coefficient (Wildman–Crippen LogP) is 1.63. The fourth-order valence-corrected chi connectivity index (χ4v) is 1.05. The average molecular weight is 193 g/mol. The Hall–Kier alpha value is -1.84. The van der Waals surface area contributed by atoms with Crippen LogP contribution in [0.2, 0.25) is 0 Å². The molecule has 0 amide bonds. The molecule has 14 heavy (non-hydrogen) atoms. The number of fused-ring (bicyclic) bond motifs is 1. The number of hydrogen-bond donors (Lipinski definition) is 1. The Morgan fingerprint density at radius 3 is 2.71 bits per heavy atom. The molecule has 1 N–H and O–H groups in total. The summed E-state index contributed by atoms with van der Waals surface area (Å²) >= 11 is 0. The summed E-state index contributed by atoms with van der Waals surface area (Å²) in [5.74, 6) is -0.398. The van der Waals surface area contributed by atoms with E-state index in [1.54, 1.807) is 0 Å². The summed E-state index contributed by atoms with van der Waals surface area (Å²) in [5, 5.41) is 0. The van der Waals surface area contributed by atoms with Crippen LogP contribution in [0.4, 0.5) is 0 Å². The van der Waals surface area contributed by atoms with Crippen molar-refractivity contribution in [2.75, 3.05) is 0 Å². The van der Waals surface area contributed by atoms with E-state index in [2.05, 4.69) is 4.98 Å². The van der Waals surface area contributed by atoms with Gasteiger partial charge in [-0.25, -0.2) is 4.79 Å². The molecule has 1 aromatic carbocycles. The molecule has 0 atom stereocenters. The summed E-state index contributed by atoms with van der Waals surface area (Å²) in [6, 6.07) is 5.58. The van der Waals surface area contributed by atoms with Crippen LogP contribution in [0, 0.1) is 6.92 Å². The van der Waals surface area contributed by atoms with Crippen molar-refractivity contribution in [1.29, 1.82) is 0 Å². The molecule has 1 heterocycles. The summed E-state index contributed by atoms with van der Waals surface area (Å²) in [4.78, 5) is 22.0. The largest absolute Gasteiger partial charge is 0.417 e. The van der Waals surface area contributed by atoms with Crippen molar-refractivity contribution in [3.63, 3.8) is 0 Å². The van der Waals surface area contributed by atoms with Gasteiger partial charge >= 0.3 is 5.76 Å². The minimum absolute atomic E-state index is 0.398. The Labute approximate surface area is 80.6 Å². The molecule has 0 fully saturated rings. The molecule has 0 bridgehead atoms. The maximum atomic E-state index is 10.7. The molecule has 0 aliphatic rings. The highest BCUT2D eigenvalue weighted by Crippen LogP contribution is 2.10. The van der Waals surface area contributed by atoms with E-state index in [1.807, 2.05) is 25.1 Å². The fourth-order valence-electron chi connectivity index (χ4n) is 1.05. The molecule has 4 nitrogen and oxygen atoms in total. The van der Waals surface area contributed by atoms with E-state index in [9.17, 15) is 4.79 Å². The first kappa shape index (κ1) is 10.2. The van der Waals surface area contributed by atoms with Gasteiger partial charge in [0.25, 0.3) is 0 Å². The van der Waals surface area contributed by atoms with Gasteiger partial charge in [-0.15, -0.1) is 0 Å². The zero-order chi connectivity index (χ0) is 10.6. The first-order valence-electron chi connectivity index (χ1n) is 4.16. The number of aryl methyl sites for hydroxylation is 1. The molecular weight excluding hydrogens is 182 g/mol. The molecular formula is C10H11NO3. The van der Waals surface area contributed by atoms with Gasteiger partial charge in [0.15, 0.2) is 5.58 Å². The third-order valence-corrected chi connectivity index (χ3v) is 1.58. The van der Waals surface area contributed by atoms with E-state index >= 15 is 0 Å². The zero-order valence-electron chi connectivity index (χ0n) is 8.03. The molecule has 0 saturated heterocycles. The van der Waals surface area contributed by atoms with Crippen molar-refractivity contribution in [3.8, 4) is 0 Å². The molecule has 2 rings (SSSR count). The molecule has 0 spiro atoms. The summed E-state index contributed by atoms with van der Waals surface area (Å²) in [6.45, 7) is 3.40. The Kier molecular flexibility index (Phi) is 3.23. The quantitative estimate of drug-likeness (QED) is 0.647.